The summed E-state index contributed by atoms with van der Waals surface area (Å²) in [6.07, 6.45) is 5.23. The number of aromatic nitrogens is 5. The van der Waals surface area contributed by atoms with Gasteiger partial charge in [-0.2, -0.15) is 5.10 Å². The Kier molecular flexibility index (Phi) is 4.09. The summed E-state index contributed by atoms with van der Waals surface area (Å²) in [5.41, 5.74) is 2.04. The van der Waals surface area contributed by atoms with Crippen LogP contribution in [-0.2, 0) is 6.54 Å². The van der Waals surface area contributed by atoms with Gasteiger partial charge >= 0.3 is 0 Å². The average Bonchev–Trinajstić information content (AvgIpc) is 3.06. The molecule has 3 heterocycles. The molecule has 1 N–H and O–H groups in total. The summed E-state index contributed by atoms with van der Waals surface area (Å²) in [4.78, 5) is 24.8. The van der Waals surface area contributed by atoms with Gasteiger partial charge in [-0.25, -0.2) is 19.6 Å². The second-order valence-corrected chi connectivity index (χ2v) is 5.10. The zero-order chi connectivity index (χ0) is 16.2. The minimum Gasteiger partial charge on any atom is -0.347 e. The van der Waals surface area contributed by atoms with Gasteiger partial charge in [0.15, 0.2) is 5.82 Å². The summed E-state index contributed by atoms with van der Waals surface area (Å²) in [6.45, 7) is 3.98. The van der Waals surface area contributed by atoms with Gasteiger partial charge < -0.3 is 5.32 Å². The molecule has 3 aromatic heterocycles. The number of nitrogens with one attached hydrogen (secondary N) is 1. The summed E-state index contributed by atoms with van der Waals surface area (Å²) in [6, 6.07) is 7.26. The first-order chi connectivity index (χ1) is 11.1. The van der Waals surface area contributed by atoms with Crippen molar-refractivity contribution in [1.29, 1.82) is 0 Å². The highest BCUT2D eigenvalue weighted by Crippen LogP contribution is 2.05. The maximum absolute atomic E-state index is 12.1. The normalized spacial score (nSPS) is 10.5. The molecule has 7 nitrogen and oxygen atoms in total. The van der Waals surface area contributed by atoms with Crippen molar-refractivity contribution in [3.05, 3.63) is 65.6 Å². The molecule has 1 amide bonds. The first kappa shape index (κ1) is 14.8. The molecule has 0 unspecified atom stereocenters. The SMILES string of the molecule is Cc1cc(C(=O)NCc2ccc(-n3cccn3)nc2)nc(C)n1. The Labute approximate surface area is 133 Å². The zero-order valence-electron chi connectivity index (χ0n) is 12.9. The van der Waals surface area contributed by atoms with Gasteiger partial charge in [-0.3, -0.25) is 4.79 Å². The summed E-state index contributed by atoms with van der Waals surface area (Å²) in [5.74, 6) is 1.09. The fourth-order valence-corrected chi connectivity index (χ4v) is 2.17. The quantitative estimate of drug-likeness (QED) is 0.791. The monoisotopic (exact) mass is 308 g/mol. The number of hydrogen-bond acceptors (Lipinski definition) is 5. The van der Waals surface area contributed by atoms with Crippen molar-refractivity contribution in [2.24, 2.45) is 0 Å². The topological polar surface area (TPSA) is 85.6 Å². The third-order valence-corrected chi connectivity index (χ3v) is 3.20. The van der Waals surface area contributed by atoms with Crippen molar-refractivity contribution in [3.8, 4) is 5.82 Å². The fourth-order valence-electron chi connectivity index (χ4n) is 2.17. The van der Waals surface area contributed by atoms with E-state index in [4.69, 9.17) is 0 Å². The Morgan fingerprint density at radius 1 is 1.26 bits per heavy atom. The summed E-state index contributed by atoms with van der Waals surface area (Å²) in [7, 11) is 0. The minimum absolute atomic E-state index is 0.227. The Balaban J connectivity index is 1.65. The van der Waals surface area contributed by atoms with Gasteiger partial charge in [0, 0.05) is 30.8 Å². The van der Waals surface area contributed by atoms with Crippen LogP contribution in [0.15, 0.2) is 42.9 Å². The molecule has 0 fully saturated rings. The number of carbonyl (C=O) groups is 1. The molecule has 0 bridgehead atoms. The molecule has 0 aromatic carbocycles. The summed E-state index contributed by atoms with van der Waals surface area (Å²) in [5, 5.41) is 6.95. The van der Waals surface area contributed by atoms with Crippen molar-refractivity contribution in [1.82, 2.24) is 30.0 Å². The van der Waals surface area contributed by atoms with Crippen LogP contribution in [0, 0.1) is 13.8 Å². The molecule has 0 radical (unpaired) electrons. The van der Waals surface area contributed by atoms with E-state index in [0.717, 1.165) is 17.1 Å². The van der Waals surface area contributed by atoms with Crippen molar-refractivity contribution < 1.29 is 4.79 Å². The molecular formula is C16H16N6O. The lowest BCUT2D eigenvalue weighted by molar-refractivity contribution is 0.0945. The molecule has 0 atom stereocenters. The number of nitrogens with zero attached hydrogens (tertiary/aromatic N) is 5. The van der Waals surface area contributed by atoms with E-state index in [1.54, 1.807) is 30.1 Å². The molecule has 3 rings (SSSR count). The van der Waals surface area contributed by atoms with E-state index >= 15 is 0 Å². The van der Waals surface area contributed by atoms with Crippen LogP contribution in [0.25, 0.3) is 5.82 Å². The van der Waals surface area contributed by atoms with E-state index in [2.05, 4.69) is 25.4 Å². The highest BCUT2D eigenvalue weighted by molar-refractivity contribution is 5.92. The molecule has 0 aliphatic rings. The third-order valence-electron chi connectivity index (χ3n) is 3.20. The van der Waals surface area contributed by atoms with Crippen LogP contribution < -0.4 is 5.32 Å². The lowest BCUT2D eigenvalue weighted by atomic mass is 10.2. The standard InChI is InChI=1S/C16H16N6O/c1-11-8-14(21-12(2)20-11)16(23)18-10-13-4-5-15(17-9-13)22-7-3-6-19-22/h3-9H,10H2,1-2H3,(H,18,23). The van der Waals surface area contributed by atoms with Crippen LogP contribution >= 0.6 is 0 Å². The van der Waals surface area contributed by atoms with Crippen molar-refractivity contribution in [2.45, 2.75) is 20.4 Å². The zero-order valence-corrected chi connectivity index (χ0v) is 12.9. The van der Waals surface area contributed by atoms with Gasteiger partial charge in [0.2, 0.25) is 0 Å². The Hall–Kier alpha value is -3.09. The van der Waals surface area contributed by atoms with E-state index in [1.807, 2.05) is 31.3 Å². The van der Waals surface area contributed by atoms with Gasteiger partial charge in [0.25, 0.3) is 5.91 Å². The van der Waals surface area contributed by atoms with Crippen LogP contribution in [0.5, 0.6) is 0 Å². The highest BCUT2D eigenvalue weighted by atomic mass is 16.1. The number of aryl methyl sites for hydroxylation is 2. The van der Waals surface area contributed by atoms with Crippen molar-refractivity contribution in [2.75, 3.05) is 0 Å². The van der Waals surface area contributed by atoms with Crippen LogP contribution in [0.4, 0.5) is 0 Å². The second-order valence-electron chi connectivity index (χ2n) is 5.10. The van der Waals surface area contributed by atoms with E-state index in [1.165, 1.54) is 0 Å². The van der Waals surface area contributed by atoms with Crippen LogP contribution in [-0.4, -0.2) is 30.6 Å². The van der Waals surface area contributed by atoms with Crippen molar-refractivity contribution in [3.63, 3.8) is 0 Å². The molecule has 0 aliphatic carbocycles. The summed E-state index contributed by atoms with van der Waals surface area (Å²) >= 11 is 0. The van der Waals surface area contributed by atoms with Gasteiger partial charge in [-0.1, -0.05) is 6.07 Å². The number of hydrogen-bond donors (Lipinski definition) is 1. The van der Waals surface area contributed by atoms with E-state index in [0.29, 0.717) is 18.1 Å². The molecule has 0 saturated heterocycles. The molecule has 0 aliphatic heterocycles. The van der Waals surface area contributed by atoms with E-state index < -0.39 is 0 Å². The summed E-state index contributed by atoms with van der Waals surface area (Å²) < 4.78 is 1.68. The van der Waals surface area contributed by atoms with Crippen LogP contribution in [0.3, 0.4) is 0 Å². The first-order valence-electron chi connectivity index (χ1n) is 7.17. The van der Waals surface area contributed by atoms with E-state index in [-0.39, 0.29) is 5.91 Å². The maximum atomic E-state index is 12.1. The number of carbonyl (C=O) groups excluding carboxylic acids is 1. The maximum Gasteiger partial charge on any atom is 0.270 e. The largest absolute Gasteiger partial charge is 0.347 e. The van der Waals surface area contributed by atoms with Gasteiger partial charge in [-0.15, -0.1) is 0 Å². The lowest BCUT2D eigenvalue weighted by Gasteiger charge is -2.07. The minimum atomic E-state index is -0.227. The second kappa shape index (κ2) is 6.35. The fraction of sp³-hybridized carbons (Fsp3) is 0.188. The molecule has 116 valence electrons. The third kappa shape index (κ3) is 3.57. The number of amides is 1. The molecule has 7 heteroatoms. The Morgan fingerprint density at radius 2 is 2.13 bits per heavy atom. The van der Waals surface area contributed by atoms with Gasteiger partial charge in [-0.05, 0) is 37.6 Å². The van der Waals surface area contributed by atoms with Crippen molar-refractivity contribution >= 4 is 5.91 Å². The smallest absolute Gasteiger partial charge is 0.270 e. The average molecular weight is 308 g/mol. The lowest BCUT2D eigenvalue weighted by Crippen LogP contribution is -2.24. The van der Waals surface area contributed by atoms with Gasteiger partial charge in [0.1, 0.15) is 11.5 Å². The predicted octanol–water partition coefficient (Wildman–Crippen LogP) is 1.60. The molecule has 23 heavy (non-hydrogen) atoms. The van der Waals surface area contributed by atoms with Crippen LogP contribution in [0.1, 0.15) is 27.6 Å². The predicted molar refractivity (Wildman–Crippen MR) is 84.0 cm³/mol. The Bertz CT molecular complexity index is 791. The Morgan fingerprint density at radius 3 is 2.78 bits per heavy atom. The molecular weight excluding hydrogens is 292 g/mol. The van der Waals surface area contributed by atoms with E-state index in [9.17, 15) is 4.79 Å². The molecule has 0 spiro atoms. The highest BCUT2D eigenvalue weighted by Gasteiger charge is 2.09. The first-order valence-corrected chi connectivity index (χ1v) is 7.17. The number of rotatable bonds is 4. The van der Waals surface area contributed by atoms with Crippen LogP contribution in [0.2, 0.25) is 0 Å². The molecule has 3 aromatic rings. The molecule has 0 saturated carbocycles. The van der Waals surface area contributed by atoms with Gasteiger partial charge in [0.05, 0.1) is 0 Å². The number of pyridine rings is 1.